The van der Waals surface area contributed by atoms with Crippen molar-refractivity contribution in [3.05, 3.63) is 21.9 Å². The van der Waals surface area contributed by atoms with Crippen LogP contribution in [-0.2, 0) is 9.53 Å². The van der Waals surface area contributed by atoms with Gasteiger partial charge in [0.15, 0.2) is 0 Å². The summed E-state index contributed by atoms with van der Waals surface area (Å²) in [7, 11) is 3.14. The summed E-state index contributed by atoms with van der Waals surface area (Å²) in [4.78, 5) is 25.8. The Kier molecular flexibility index (Phi) is 7.46. The van der Waals surface area contributed by atoms with Gasteiger partial charge in [-0.3, -0.25) is 9.59 Å². The van der Waals surface area contributed by atoms with E-state index in [-0.39, 0.29) is 24.9 Å². The van der Waals surface area contributed by atoms with E-state index in [2.05, 4.69) is 17.2 Å². The number of hydrogen-bond donors (Lipinski definition) is 2. The minimum absolute atomic E-state index is 0.00972. The van der Waals surface area contributed by atoms with E-state index in [4.69, 9.17) is 10.5 Å². The van der Waals surface area contributed by atoms with Gasteiger partial charge in [0.05, 0.1) is 19.7 Å². The first-order valence-corrected chi connectivity index (χ1v) is 7.25. The van der Waals surface area contributed by atoms with Gasteiger partial charge in [-0.1, -0.05) is 11.8 Å². The molecular weight excluding hydrogens is 290 g/mol. The lowest BCUT2D eigenvalue weighted by Crippen LogP contribution is -2.39. The van der Waals surface area contributed by atoms with Gasteiger partial charge in [-0.15, -0.1) is 11.3 Å². The van der Waals surface area contributed by atoms with Crippen LogP contribution in [0, 0.1) is 11.8 Å². The lowest BCUT2D eigenvalue weighted by atomic mass is 10.2. The Bertz CT molecular complexity index is 545. The molecule has 0 bridgehead atoms. The van der Waals surface area contributed by atoms with Crippen LogP contribution in [0.2, 0.25) is 0 Å². The molecule has 3 N–H and O–H groups in total. The van der Waals surface area contributed by atoms with Crippen molar-refractivity contribution >= 4 is 23.2 Å². The number of methoxy groups -OCH3 is 1. The molecular formula is C14H19N3O3S. The zero-order chi connectivity index (χ0) is 15.7. The monoisotopic (exact) mass is 309 g/mol. The maximum absolute atomic E-state index is 12.3. The second-order valence-electron chi connectivity index (χ2n) is 4.17. The third-order valence-corrected chi connectivity index (χ3v) is 3.44. The molecule has 1 aromatic heterocycles. The number of carbonyl (C=O) groups excluding carboxylic acids is 2. The van der Waals surface area contributed by atoms with Crippen molar-refractivity contribution in [2.45, 2.75) is 0 Å². The number of amides is 2. The fourth-order valence-corrected chi connectivity index (χ4v) is 2.37. The van der Waals surface area contributed by atoms with Gasteiger partial charge in [-0.05, 0) is 11.4 Å². The van der Waals surface area contributed by atoms with E-state index in [0.717, 1.165) is 0 Å². The molecule has 7 heteroatoms. The summed E-state index contributed by atoms with van der Waals surface area (Å²) < 4.78 is 4.84. The molecule has 0 saturated carbocycles. The summed E-state index contributed by atoms with van der Waals surface area (Å²) in [5, 5.41) is 4.46. The van der Waals surface area contributed by atoms with Crippen molar-refractivity contribution in [3.63, 3.8) is 0 Å². The molecule has 0 atom stereocenters. The summed E-state index contributed by atoms with van der Waals surface area (Å²) in [5.41, 5.74) is 5.97. The highest BCUT2D eigenvalue weighted by atomic mass is 32.1. The van der Waals surface area contributed by atoms with Crippen molar-refractivity contribution in [1.29, 1.82) is 0 Å². The second kappa shape index (κ2) is 9.13. The second-order valence-corrected chi connectivity index (χ2v) is 5.09. The zero-order valence-electron chi connectivity index (χ0n) is 12.1. The van der Waals surface area contributed by atoms with Crippen molar-refractivity contribution in [1.82, 2.24) is 10.2 Å². The van der Waals surface area contributed by atoms with E-state index < -0.39 is 0 Å². The molecule has 1 aromatic rings. The number of carbonyl (C=O) groups is 2. The van der Waals surface area contributed by atoms with Gasteiger partial charge in [0.1, 0.15) is 4.88 Å². The van der Waals surface area contributed by atoms with Gasteiger partial charge in [0.25, 0.3) is 5.91 Å². The predicted molar refractivity (Wildman–Crippen MR) is 82.1 cm³/mol. The number of hydrogen-bond acceptors (Lipinski definition) is 5. The van der Waals surface area contributed by atoms with E-state index in [9.17, 15) is 9.59 Å². The van der Waals surface area contributed by atoms with Crippen LogP contribution in [-0.4, -0.2) is 57.1 Å². The van der Waals surface area contributed by atoms with Crippen LogP contribution < -0.4 is 11.1 Å². The van der Waals surface area contributed by atoms with Gasteiger partial charge in [0.2, 0.25) is 5.91 Å². The highest BCUT2D eigenvalue weighted by molar-refractivity contribution is 7.12. The Balaban J connectivity index is 2.62. The average Bonchev–Trinajstić information content (AvgIpc) is 2.92. The molecule has 2 amide bonds. The number of ether oxygens (including phenoxy) is 1. The summed E-state index contributed by atoms with van der Waals surface area (Å²) >= 11 is 1.30. The molecule has 0 radical (unpaired) electrons. The summed E-state index contributed by atoms with van der Waals surface area (Å²) in [5.74, 6) is 5.12. The minimum atomic E-state index is -0.229. The van der Waals surface area contributed by atoms with Crippen LogP contribution >= 0.6 is 11.3 Å². The van der Waals surface area contributed by atoms with E-state index in [1.165, 1.54) is 16.2 Å². The summed E-state index contributed by atoms with van der Waals surface area (Å²) in [6.07, 6.45) is 0. The van der Waals surface area contributed by atoms with E-state index in [0.29, 0.717) is 23.6 Å². The third kappa shape index (κ3) is 5.55. The van der Waals surface area contributed by atoms with Gasteiger partial charge >= 0.3 is 0 Å². The van der Waals surface area contributed by atoms with E-state index in [1.54, 1.807) is 25.6 Å². The molecule has 0 unspecified atom stereocenters. The first-order valence-electron chi connectivity index (χ1n) is 6.37. The molecule has 1 heterocycles. The largest absolute Gasteiger partial charge is 0.383 e. The van der Waals surface area contributed by atoms with Crippen LogP contribution in [0.4, 0.5) is 0 Å². The number of rotatable bonds is 6. The van der Waals surface area contributed by atoms with Crippen molar-refractivity contribution in [2.75, 3.05) is 40.4 Å². The molecule has 0 aromatic carbocycles. The van der Waals surface area contributed by atoms with Crippen molar-refractivity contribution in [3.8, 4) is 11.8 Å². The van der Waals surface area contributed by atoms with Crippen LogP contribution in [0.5, 0.6) is 0 Å². The van der Waals surface area contributed by atoms with Crippen LogP contribution in [0.1, 0.15) is 15.2 Å². The molecule has 21 heavy (non-hydrogen) atoms. The standard InChI is InChI=1S/C14H19N3O3S/c1-17(10-12(18)16-7-8-20-2)14(19)13-11(4-3-6-15)5-9-21-13/h5,9H,6-8,10,15H2,1-2H3,(H,16,18). The maximum atomic E-state index is 12.3. The fourth-order valence-electron chi connectivity index (χ4n) is 1.53. The number of thiophene rings is 1. The van der Waals surface area contributed by atoms with E-state index >= 15 is 0 Å². The summed E-state index contributed by atoms with van der Waals surface area (Å²) in [6.45, 7) is 1.09. The summed E-state index contributed by atoms with van der Waals surface area (Å²) in [6, 6.07) is 1.77. The molecule has 0 aliphatic carbocycles. The van der Waals surface area contributed by atoms with Crippen LogP contribution in [0.15, 0.2) is 11.4 Å². The molecule has 6 nitrogen and oxygen atoms in total. The van der Waals surface area contributed by atoms with Crippen molar-refractivity contribution < 1.29 is 14.3 Å². The normalized spacial score (nSPS) is 9.67. The number of nitrogens with one attached hydrogen (secondary N) is 1. The Labute approximate surface area is 128 Å². The highest BCUT2D eigenvalue weighted by Gasteiger charge is 2.18. The van der Waals surface area contributed by atoms with Crippen LogP contribution in [0.3, 0.4) is 0 Å². The smallest absolute Gasteiger partial charge is 0.265 e. The molecule has 114 valence electrons. The predicted octanol–water partition coefficient (Wildman–Crippen LogP) is -0.107. The number of nitrogens with zero attached hydrogens (tertiary/aromatic N) is 1. The lowest BCUT2D eigenvalue weighted by Gasteiger charge is -2.16. The Hall–Kier alpha value is -1.88. The SMILES string of the molecule is COCCNC(=O)CN(C)C(=O)c1sccc1C#CCN. The lowest BCUT2D eigenvalue weighted by molar-refractivity contribution is -0.121. The van der Waals surface area contributed by atoms with Gasteiger partial charge in [-0.2, -0.15) is 0 Å². The first kappa shape index (κ1) is 17.2. The highest BCUT2D eigenvalue weighted by Crippen LogP contribution is 2.17. The van der Waals surface area contributed by atoms with Crippen LogP contribution in [0.25, 0.3) is 0 Å². The Morgan fingerprint density at radius 2 is 2.29 bits per heavy atom. The topological polar surface area (TPSA) is 84.7 Å². The quantitative estimate of drug-likeness (QED) is 0.567. The van der Waals surface area contributed by atoms with Gasteiger partial charge < -0.3 is 20.7 Å². The number of likely N-dealkylation sites (N-methyl/N-ethyl adjacent to an activating group) is 1. The molecule has 0 saturated heterocycles. The molecule has 0 aliphatic rings. The van der Waals surface area contributed by atoms with E-state index in [1.807, 2.05) is 0 Å². The molecule has 0 aliphatic heterocycles. The van der Waals surface area contributed by atoms with Gasteiger partial charge in [0, 0.05) is 26.3 Å². The maximum Gasteiger partial charge on any atom is 0.265 e. The van der Waals surface area contributed by atoms with Crippen molar-refractivity contribution in [2.24, 2.45) is 5.73 Å². The minimum Gasteiger partial charge on any atom is -0.383 e. The van der Waals surface area contributed by atoms with Gasteiger partial charge in [-0.25, -0.2) is 0 Å². The molecule has 0 fully saturated rings. The molecule has 1 rings (SSSR count). The Morgan fingerprint density at radius 3 is 2.95 bits per heavy atom. The molecule has 0 spiro atoms. The first-order chi connectivity index (χ1) is 10.1. The average molecular weight is 309 g/mol. The third-order valence-electron chi connectivity index (χ3n) is 2.54. The fraction of sp³-hybridized carbons (Fsp3) is 0.429. The zero-order valence-corrected chi connectivity index (χ0v) is 13.0. The number of nitrogens with two attached hydrogens (primary N) is 1. The Morgan fingerprint density at radius 1 is 1.52 bits per heavy atom.